The highest BCUT2D eigenvalue weighted by Crippen LogP contribution is 2.57. The van der Waals surface area contributed by atoms with Gasteiger partial charge in [-0.3, -0.25) is 4.98 Å². The predicted octanol–water partition coefficient (Wildman–Crippen LogP) is 21.6. The van der Waals surface area contributed by atoms with Gasteiger partial charge in [0.2, 0.25) is 0 Å². The highest BCUT2D eigenvalue weighted by molar-refractivity contribution is 6.10. The van der Waals surface area contributed by atoms with E-state index in [0.29, 0.717) is 13.1 Å². The summed E-state index contributed by atoms with van der Waals surface area (Å²) in [5, 5.41) is 35.8. The molecule has 0 spiro atoms. The molecule has 514 valence electrons. The zero-order valence-corrected chi connectivity index (χ0v) is 64.0. The van der Waals surface area contributed by atoms with Crippen molar-refractivity contribution in [3.8, 4) is 34.1 Å². The fraction of sp³-hybridized carbons (Fsp3) is 0.449. The molecule has 97 heavy (non-hydrogen) atoms. The minimum Gasteiger partial charge on any atom is -0.496 e. The Morgan fingerprint density at radius 1 is 0.309 bits per heavy atom. The Bertz CT molecular complexity index is 3920. The lowest BCUT2D eigenvalue weighted by Gasteiger charge is -2.39. The summed E-state index contributed by atoms with van der Waals surface area (Å²) in [7, 11) is 7.10. The molecule has 1 aliphatic heterocycles. The molecular weight excluding hydrogens is 1190 g/mol. The number of methoxy groups -OCH3 is 4. The summed E-state index contributed by atoms with van der Waals surface area (Å²) in [6, 6.07) is 44.0. The molecule has 1 aliphatic rings. The van der Waals surface area contributed by atoms with E-state index in [1.807, 2.05) is 12.4 Å². The molecule has 0 saturated heterocycles. The first-order valence-corrected chi connectivity index (χ1v) is 34.9. The third-order valence-corrected chi connectivity index (χ3v) is 20.4. The number of rotatable bonds is 11. The first-order valence-electron chi connectivity index (χ1n) is 34.9. The standard InChI is InChI=1S/C89H112N2O6/c1-80(2,3)66-43-55(44-67(76(66)94-25)81(4,5)6)88(92,56-45-68(82(7,8)9)77(95-26)69(46-56)83(10,11)12)64-41-53-33-29-31-35-60(53)74-62(64)51-91(59-37-39-90-40-38-59)52-63-65(42-54-34-30-32-36-61(54)75(63)74)89(93,57-47-70(84(13,14)15)78(96-27)71(48-57)85(16,17)18)58-49-72(86(19,20)21)79(97-28)73(50-58)87(22,23)24/h29-50,92-93H,51-52H2,1-28H3. The summed E-state index contributed by atoms with van der Waals surface area (Å²) in [4.78, 5) is 7.08. The molecule has 10 rings (SSSR count). The van der Waals surface area contributed by atoms with E-state index in [1.54, 1.807) is 28.4 Å². The summed E-state index contributed by atoms with van der Waals surface area (Å²) in [6.07, 6.45) is 3.74. The SMILES string of the molecule is COc1c(C(C)(C)C)cc(C(O)(c2cc(C(C)(C)C)c(OC)c(C(C)(C)C)c2)c2cc3ccccc3c3c2CN(c2ccncc2)Cc2c(C(O)(c4cc(C(C)(C)C)c(OC)c(C(C)(C)C)c4)c4cc(C(C)(C)C)c(OC)c(C(C)(C)C)c4)cc4ccccc4c2-3)cc1C(C)(C)C. The second-order valence-corrected chi connectivity index (χ2v) is 35.9. The van der Waals surface area contributed by atoms with Crippen molar-refractivity contribution in [2.24, 2.45) is 0 Å². The number of aliphatic hydroxyl groups is 2. The number of aromatic nitrogens is 1. The normalized spacial score (nSPS) is 14.0. The third kappa shape index (κ3) is 12.9. The van der Waals surface area contributed by atoms with Crippen molar-refractivity contribution < 1.29 is 29.2 Å². The van der Waals surface area contributed by atoms with Gasteiger partial charge >= 0.3 is 0 Å². The maximum atomic E-state index is 15.9. The quantitative estimate of drug-likeness (QED) is 0.124. The zero-order chi connectivity index (χ0) is 71.7. The molecule has 0 radical (unpaired) electrons. The van der Waals surface area contributed by atoms with E-state index in [2.05, 4.69) is 297 Å². The van der Waals surface area contributed by atoms with Crippen molar-refractivity contribution in [3.63, 3.8) is 0 Å². The third-order valence-electron chi connectivity index (χ3n) is 20.4. The number of nitrogens with zero attached hydrogens (tertiary/aromatic N) is 2. The van der Waals surface area contributed by atoms with Gasteiger partial charge in [0.25, 0.3) is 0 Å². The molecule has 0 unspecified atom stereocenters. The maximum absolute atomic E-state index is 15.9. The Hall–Kier alpha value is -7.65. The van der Waals surface area contributed by atoms with Gasteiger partial charge in [-0.15, -0.1) is 0 Å². The van der Waals surface area contributed by atoms with Crippen molar-refractivity contribution in [1.29, 1.82) is 0 Å². The van der Waals surface area contributed by atoms with E-state index in [0.717, 1.165) is 150 Å². The van der Waals surface area contributed by atoms with Gasteiger partial charge in [0.1, 0.15) is 34.2 Å². The fourth-order valence-electron chi connectivity index (χ4n) is 15.1. The Morgan fingerprint density at radius 2 is 0.536 bits per heavy atom. The summed E-state index contributed by atoms with van der Waals surface area (Å²) in [6.45, 7) is 54.3. The van der Waals surface area contributed by atoms with Crippen LogP contribution in [-0.4, -0.2) is 43.6 Å². The lowest BCUT2D eigenvalue weighted by molar-refractivity contribution is 0.123. The van der Waals surface area contributed by atoms with Gasteiger partial charge in [0.05, 0.1) is 28.4 Å². The van der Waals surface area contributed by atoms with Crippen molar-refractivity contribution in [2.75, 3.05) is 33.3 Å². The van der Waals surface area contributed by atoms with Gasteiger partial charge in [-0.05, 0) is 193 Å². The minimum atomic E-state index is -1.87. The number of pyridine rings is 1. The molecule has 0 atom stereocenters. The van der Waals surface area contributed by atoms with Gasteiger partial charge in [-0.25, -0.2) is 0 Å². The van der Waals surface area contributed by atoms with Gasteiger partial charge < -0.3 is 34.1 Å². The lowest BCUT2D eigenvalue weighted by Crippen LogP contribution is -2.35. The molecule has 0 aliphatic carbocycles. The lowest BCUT2D eigenvalue weighted by atomic mass is 9.68. The maximum Gasteiger partial charge on any atom is 0.140 e. The van der Waals surface area contributed by atoms with Gasteiger partial charge in [-0.2, -0.15) is 0 Å². The van der Waals surface area contributed by atoms with Crippen LogP contribution in [0.15, 0.2) is 134 Å². The largest absolute Gasteiger partial charge is 0.496 e. The molecule has 8 aromatic carbocycles. The van der Waals surface area contributed by atoms with Crippen molar-refractivity contribution >= 4 is 27.2 Å². The van der Waals surface area contributed by atoms with E-state index in [9.17, 15) is 0 Å². The molecule has 0 fully saturated rings. The van der Waals surface area contributed by atoms with Gasteiger partial charge in [-0.1, -0.05) is 215 Å². The van der Waals surface area contributed by atoms with Crippen molar-refractivity contribution in [2.45, 2.75) is 234 Å². The topological polar surface area (TPSA) is 93.5 Å². The van der Waals surface area contributed by atoms with Crippen LogP contribution in [0.1, 0.15) is 255 Å². The van der Waals surface area contributed by atoms with E-state index >= 15 is 10.2 Å². The molecule has 0 amide bonds. The Balaban J connectivity index is 1.53. The average molecular weight is 1310 g/mol. The van der Waals surface area contributed by atoms with Crippen LogP contribution in [-0.2, 0) is 67.6 Å². The summed E-state index contributed by atoms with van der Waals surface area (Å²) < 4.78 is 26.2. The highest BCUT2D eigenvalue weighted by atomic mass is 16.5. The van der Waals surface area contributed by atoms with Crippen molar-refractivity contribution in [3.05, 3.63) is 223 Å². The number of anilines is 1. The van der Waals surface area contributed by atoms with E-state index in [1.165, 1.54) is 0 Å². The molecular formula is C89H112N2O6. The van der Waals surface area contributed by atoms with Crippen LogP contribution >= 0.6 is 0 Å². The molecule has 8 nitrogen and oxygen atoms in total. The van der Waals surface area contributed by atoms with Crippen LogP contribution in [0.25, 0.3) is 32.7 Å². The Labute approximate surface area is 582 Å². The molecule has 0 bridgehead atoms. The molecule has 2 heterocycles. The second-order valence-electron chi connectivity index (χ2n) is 35.9. The Kier molecular flexibility index (Phi) is 18.3. The zero-order valence-electron chi connectivity index (χ0n) is 64.0. The van der Waals surface area contributed by atoms with E-state index in [4.69, 9.17) is 18.9 Å². The fourth-order valence-corrected chi connectivity index (χ4v) is 15.1. The van der Waals surface area contributed by atoms with Crippen LogP contribution in [0.3, 0.4) is 0 Å². The molecule has 8 heteroatoms. The highest BCUT2D eigenvalue weighted by Gasteiger charge is 2.47. The van der Waals surface area contributed by atoms with Crippen LogP contribution < -0.4 is 23.8 Å². The van der Waals surface area contributed by atoms with Crippen LogP contribution in [0.5, 0.6) is 23.0 Å². The number of ether oxygens (including phenoxy) is 4. The van der Waals surface area contributed by atoms with Crippen LogP contribution in [0.2, 0.25) is 0 Å². The second kappa shape index (κ2) is 24.7. The molecule has 0 saturated carbocycles. The molecule has 2 N–H and O–H groups in total. The smallest absolute Gasteiger partial charge is 0.140 e. The predicted molar refractivity (Wildman–Crippen MR) is 407 cm³/mol. The van der Waals surface area contributed by atoms with Crippen molar-refractivity contribution in [1.82, 2.24) is 4.98 Å². The van der Waals surface area contributed by atoms with E-state index in [-0.39, 0.29) is 0 Å². The number of fused-ring (bicyclic) bond motifs is 7. The average Bonchev–Trinajstić information content (AvgIpc) is 1.67. The minimum absolute atomic E-state index is 0.348. The monoisotopic (exact) mass is 1300 g/mol. The summed E-state index contributed by atoms with van der Waals surface area (Å²) in [5.41, 5.74) is 10.0. The molecule has 9 aromatic rings. The molecule has 1 aromatic heterocycles. The summed E-state index contributed by atoms with van der Waals surface area (Å²) in [5.74, 6) is 3.26. The first-order chi connectivity index (χ1) is 44.8. The summed E-state index contributed by atoms with van der Waals surface area (Å²) >= 11 is 0. The van der Waals surface area contributed by atoms with Gasteiger partial charge in [0, 0.05) is 75.7 Å². The first kappa shape index (κ1) is 72.1. The number of hydrogen-bond acceptors (Lipinski definition) is 8. The Morgan fingerprint density at radius 3 is 0.753 bits per heavy atom. The van der Waals surface area contributed by atoms with Crippen LogP contribution in [0, 0.1) is 0 Å². The van der Waals surface area contributed by atoms with E-state index < -0.39 is 54.5 Å². The van der Waals surface area contributed by atoms with Crippen LogP contribution in [0.4, 0.5) is 5.69 Å². The van der Waals surface area contributed by atoms with Gasteiger partial charge in [0.15, 0.2) is 0 Å². The number of hydrogen-bond donors (Lipinski definition) is 2. The number of benzene rings is 8.